The van der Waals surface area contributed by atoms with Crippen molar-refractivity contribution in [3.63, 3.8) is 0 Å². The van der Waals surface area contributed by atoms with Crippen molar-refractivity contribution in [2.45, 2.75) is 19.1 Å². The normalized spacial score (nSPS) is 18.3. The highest BCUT2D eigenvalue weighted by Crippen LogP contribution is 2.25. The van der Waals surface area contributed by atoms with E-state index in [0.29, 0.717) is 11.4 Å². The number of urea groups is 1. The molecule has 0 radical (unpaired) electrons. The largest absolute Gasteiger partial charge is 0.491 e. The number of β-amino-alcohol motifs (C(OH)–C–C–N with tert-alkyl or cyclic N) is 1. The summed E-state index contributed by atoms with van der Waals surface area (Å²) in [5, 5.41) is 10.2. The maximum Gasteiger partial charge on any atom is 0.332 e. The second-order valence-corrected chi connectivity index (χ2v) is 6.95. The molecule has 0 spiro atoms. The van der Waals surface area contributed by atoms with Gasteiger partial charge in [0, 0.05) is 10.2 Å². The lowest BCUT2D eigenvalue weighted by atomic mass is 10.2. The van der Waals surface area contributed by atoms with Gasteiger partial charge in [-0.05, 0) is 37.3 Å². The van der Waals surface area contributed by atoms with E-state index in [4.69, 9.17) is 4.74 Å². The van der Waals surface area contributed by atoms with Gasteiger partial charge in [-0.25, -0.2) is 4.79 Å². The van der Waals surface area contributed by atoms with Crippen LogP contribution >= 0.6 is 15.9 Å². The van der Waals surface area contributed by atoms with Crippen LogP contribution in [0.1, 0.15) is 6.92 Å². The third-order valence-corrected chi connectivity index (χ3v) is 4.61. The van der Waals surface area contributed by atoms with Crippen molar-refractivity contribution in [1.82, 2.24) is 4.90 Å². The minimum absolute atomic E-state index is 0.0206. The zero-order chi connectivity index (χ0) is 18.7. The zero-order valence-corrected chi connectivity index (χ0v) is 15.8. The number of aliphatic hydroxyl groups excluding tert-OH is 1. The van der Waals surface area contributed by atoms with Crippen LogP contribution in [0.5, 0.6) is 5.75 Å². The number of anilines is 1. The molecule has 3 amide bonds. The van der Waals surface area contributed by atoms with Gasteiger partial charge in [0.2, 0.25) is 0 Å². The SMILES string of the molecule is C[C@@H]1C(=O)N(C[C@@H](O)COc2cccc(Br)c2)C(=O)N1c1ccccc1. The number of carbonyl (C=O) groups excluding carboxylic acids is 2. The highest BCUT2D eigenvalue weighted by molar-refractivity contribution is 9.10. The molecule has 0 aromatic heterocycles. The van der Waals surface area contributed by atoms with Crippen molar-refractivity contribution in [2.24, 2.45) is 0 Å². The van der Waals surface area contributed by atoms with Gasteiger partial charge in [-0.15, -0.1) is 0 Å². The molecular weight excluding hydrogens is 400 g/mol. The van der Waals surface area contributed by atoms with E-state index in [1.54, 1.807) is 31.2 Å². The van der Waals surface area contributed by atoms with Gasteiger partial charge in [-0.3, -0.25) is 14.6 Å². The lowest BCUT2D eigenvalue weighted by Gasteiger charge is -2.20. The van der Waals surface area contributed by atoms with E-state index in [-0.39, 0.29) is 19.1 Å². The molecule has 26 heavy (non-hydrogen) atoms. The standard InChI is InChI=1S/C19H19BrN2O4/c1-13-18(24)21(19(25)22(13)15-7-3-2-4-8-15)11-16(23)12-26-17-9-5-6-14(20)10-17/h2-10,13,16,23H,11-12H2,1H3/t13-,16-/m1/s1. The number of para-hydroxylation sites is 1. The molecule has 1 heterocycles. The van der Waals surface area contributed by atoms with Crippen molar-refractivity contribution in [2.75, 3.05) is 18.1 Å². The monoisotopic (exact) mass is 418 g/mol. The topological polar surface area (TPSA) is 70.1 Å². The Balaban J connectivity index is 1.63. The van der Waals surface area contributed by atoms with Crippen LogP contribution in [0.2, 0.25) is 0 Å². The van der Waals surface area contributed by atoms with Crippen molar-refractivity contribution in [1.29, 1.82) is 0 Å². The molecule has 0 aliphatic carbocycles. The van der Waals surface area contributed by atoms with E-state index in [1.165, 1.54) is 4.90 Å². The first kappa shape index (κ1) is 18.4. The van der Waals surface area contributed by atoms with Gasteiger partial charge < -0.3 is 9.84 Å². The average Bonchev–Trinajstić information content (AvgIpc) is 2.84. The molecule has 1 aliphatic heterocycles. The first-order valence-electron chi connectivity index (χ1n) is 8.23. The van der Waals surface area contributed by atoms with Gasteiger partial charge in [0.25, 0.3) is 5.91 Å². The maximum atomic E-state index is 12.7. The van der Waals surface area contributed by atoms with Crippen LogP contribution in [-0.4, -0.2) is 47.2 Å². The summed E-state index contributed by atoms with van der Waals surface area (Å²) in [6.45, 7) is 1.55. The number of imide groups is 1. The van der Waals surface area contributed by atoms with E-state index >= 15 is 0 Å². The van der Waals surface area contributed by atoms with Crippen molar-refractivity contribution >= 4 is 33.6 Å². The van der Waals surface area contributed by atoms with Gasteiger partial charge in [0.05, 0.1) is 6.54 Å². The minimum Gasteiger partial charge on any atom is -0.491 e. The summed E-state index contributed by atoms with van der Waals surface area (Å²) in [5.74, 6) is 0.261. The molecule has 3 rings (SSSR count). The Kier molecular flexibility index (Phi) is 5.58. The fourth-order valence-electron chi connectivity index (χ4n) is 2.83. The molecule has 1 fully saturated rings. The number of nitrogens with zero attached hydrogens (tertiary/aromatic N) is 2. The fraction of sp³-hybridized carbons (Fsp3) is 0.263. The van der Waals surface area contributed by atoms with Crippen LogP contribution < -0.4 is 9.64 Å². The highest BCUT2D eigenvalue weighted by atomic mass is 79.9. The molecule has 1 saturated heterocycles. The van der Waals surface area contributed by atoms with E-state index < -0.39 is 18.2 Å². The summed E-state index contributed by atoms with van der Waals surface area (Å²) in [5.41, 5.74) is 0.653. The summed E-state index contributed by atoms with van der Waals surface area (Å²) in [7, 11) is 0. The number of benzene rings is 2. The lowest BCUT2D eigenvalue weighted by Crippen LogP contribution is -2.40. The Labute approximate surface area is 160 Å². The van der Waals surface area contributed by atoms with E-state index in [2.05, 4.69) is 15.9 Å². The van der Waals surface area contributed by atoms with E-state index in [9.17, 15) is 14.7 Å². The van der Waals surface area contributed by atoms with Crippen LogP contribution in [0.4, 0.5) is 10.5 Å². The first-order valence-corrected chi connectivity index (χ1v) is 9.02. The third kappa shape index (κ3) is 3.89. The predicted molar refractivity (Wildman–Crippen MR) is 101 cm³/mol. The molecule has 0 unspecified atom stereocenters. The molecule has 2 atom stereocenters. The van der Waals surface area contributed by atoms with Gasteiger partial charge in [-0.1, -0.05) is 40.2 Å². The van der Waals surface area contributed by atoms with Crippen molar-refractivity contribution in [3.8, 4) is 5.75 Å². The lowest BCUT2D eigenvalue weighted by molar-refractivity contribution is -0.128. The summed E-state index contributed by atoms with van der Waals surface area (Å²) in [6, 6.07) is 15.2. The number of ether oxygens (including phenoxy) is 1. The Hall–Kier alpha value is -2.38. The van der Waals surface area contributed by atoms with E-state index in [1.807, 2.05) is 30.3 Å². The van der Waals surface area contributed by atoms with Crippen LogP contribution in [0, 0.1) is 0 Å². The number of amides is 3. The number of carbonyl (C=O) groups is 2. The number of rotatable bonds is 6. The molecular formula is C19H19BrN2O4. The Bertz CT molecular complexity index is 799. The van der Waals surface area contributed by atoms with Gasteiger partial charge >= 0.3 is 6.03 Å². The van der Waals surface area contributed by atoms with Crippen LogP contribution in [0.15, 0.2) is 59.1 Å². The summed E-state index contributed by atoms with van der Waals surface area (Å²) in [4.78, 5) is 27.6. The van der Waals surface area contributed by atoms with Crippen molar-refractivity contribution in [3.05, 3.63) is 59.1 Å². The number of halogens is 1. The molecule has 2 aromatic carbocycles. The van der Waals surface area contributed by atoms with Crippen LogP contribution in [0.3, 0.4) is 0 Å². The van der Waals surface area contributed by atoms with Gasteiger partial charge in [0.1, 0.15) is 24.5 Å². The van der Waals surface area contributed by atoms with Gasteiger partial charge in [0.15, 0.2) is 0 Å². The molecule has 1 N–H and O–H groups in total. The predicted octanol–water partition coefficient (Wildman–Crippen LogP) is 3.05. The van der Waals surface area contributed by atoms with Gasteiger partial charge in [-0.2, -0.15) is 0 Å². The summed E-state index contributed by atoms with van der Waals surface area (Å²) >= 11 is 3.35. The van der Waals surface area contributed by atoms with Crippen LogP contribution in [-0.2, 0) is 4.79 Å². The Morgan fingerprint density at radius 3 is 2.58 bits per heavy atom. The molecule has 0 bridgehead atoms. The second-order valence-electron chi connectivity index (χ2n) is 6.04. The summed E-state index contributed by atoms with van der Waals surface area (Å²) in [6.07, 6.45) is -0.982. The molecule has 6 nitrogen and oxygen atoms in total. The van der Waals surface area contributed by atoms with E-state index in [0.717, 1.165) is 9.37 Å². The quantitative estimate of drug-likeness (QED) is 0.731. The Morgan fingerprint density at radius 1 is 1.15 bits per heavy atom. The molecule has 0 saturated carbocycles. The first-order chi connectivity index (χ1) is 12.5. The number of aliphatic hydroxyl groups is 1. The summed E-state index contributed by atoms with van der Waals surface area (Å²) < 4.78 is 6.39. The minimum atomic E-state index is -0.982. The smallest absolute Gasteiger partial charge is 0.332 e. The Morgan fingerprint density at radius 2 is 1.88 bits per heavy atom. The number of hydrogen-bond acceptors (Lipinski definition) is 4. The van der Waals surface area contributed by atoms with Crippen molar-refractivity contribution < 1.29 is 19.4 Å². The zero-order valence-electron chi connectivity index (χ0n) is 14.2. The average molecular weight is 419 g/mol. The molecule has 136 valence electrons. The van der Waals surface area contributed by atoms with Crippen LogP contribution in [0.25, 0.3) is 0 Å². The number of hydrogen-bond donors (Lipinski definition) is 1. The highest BCUT2D eigenvalue weighted by Gasteiger charge is 2.43. The fourth-order valence-corrected chi connectivity index (χ4v) is 3.21. The molecule has 1 aliphatic rings. The molecule has 7 heteroatoms. The maximum absolute atomic E-state index is 12.7. The second kappa shape index (κ2) is 7.88. The third-order valence-electron chi connectivity index (χ3n) is 4.11. The molecule has 2 aromatic rings.